The van der Waals surface area contributed by atoms with Crippen LogP contribution in [0.15, 0.2) is 53.0 Å². The fourth-order valence-electron chi connectivity index (χ4n) is 2.88. The van der Waals surface area contributed by atoms with Gasteiger partial charge in [0.1, 0.15) is 11.5 Å². The maximum atomic E-state index is 12.6. The number of likely N-dealkylation sites (tertiary alicyclic amines) is 1. The number of carbonyl (C=O) groups is 1. The Kier molecular flexibility index (Phi) is 6.49. The molecule has 0 saturated carbocycles. The third kappa shape index (κ3) is 4.75. The van der Waals surface area contributed by atoms with Gasteiger partial charge in [-0.25, -0.2) is 0 Å². The number of hydrogen-bond acceptors (Lipinski definition) is 3. The zero-order valence-corrected chi connectivity index (χ0v) is 16.5. The Labute approximate surface area is 162 Å². The number of halogens is 2. The van der Waals surface area contributed by atoms with Gasteiger partial charge in [0.25, 0.3) is 5.91 Å². The summed E-state index contributed by atoms with van der Waals surface area (Å²) in [5.41, 5.74) is 6.53. The second kappa shape index (κ2) is 8.21. The zero-order valence-electron chi connectivity index (χ0n) is 14.1. The molecule has 2 aromatic rings. The molecule has 0 radical (unpaired) electrons. The van der Waals surface area contributed by atoms with Crippen molar-refractivity contribution >= 4 is 34.2 Å². The molecule has 1 atom stereocenters. The van der Waals surface area contributed by atoms with E-state index in [0.29, 0.717) is 17.9 Å². The van der Waals surface area contributed by atoms with Gasteiger partial charge in [-0.05, 0) is 60.8 Å². The molecule has 6 heteroatoms. The highest BCUT2D eigenvalue weighted by molar-refractivity contribution is 9.10. The van der Waals surface area contributed by atoms with Crippen LogP contribution in [-0.2, 0) is 0 Å². The van der Waals surface area contributed by atoms with Crippen LogP contribution in [0.25, 0.3) is 0 Å². The molecule has 2 N–H and O–H groups in total. The van der Waals surface area contributed by atoms with E-state index in [1.54, 1.807) is 0 Å². The quantitative estimate of drug-likeness (QED) is 0.786. The minimum absolute atomic E-state index is 0. The predicted octanol–water partition coefficient (Wildman–Crippen LogP) is 4.47. The van der Waals surface area contributed by atoms with Crippen molar-refractivity contribution in [2.45, 2.75) is 13.3 Å². The summed E-state index contributed by atoms with van der Waals surface area (Å²) in [6.07, 6.45) is 0.958. The topological polar surface area (TPSA) is 55.6 Å². The summed E-state index contributed by atoms with van der Waals surface area (Å²) in [6, 6.07) is 14.9. The lowest BCUT2D eigenvalue weighted by molar-refractivity contribution is 0.0777. The molecule has 2 aromatic carbocycles. The molecule has 0 aromatic heterocycles. The summed E-state index contributed by atoms with van der Waals surface area (Å²) < 4.78 is 6.76. The Morgan fingerprint density at radius 2 is 1.96 bits per heavy atom. The van der Waals surface area contributed by atoms with Crippen LogP contribution in [0.2, 0.25) is 0 Å². The number of nitrogens with two attached hydrogens (primary N) is 1. The highest BCUT2D eigenvalue weighted by atomic mass is 79.9. The van der Waals surface area contributed by atoms with E-state index in [1.807, 2.05) is 53.4 Å². The van der Waals surface area contributed by atoms with Gasteiger partial charge in [-0.2, -0.15) is 0 Å². The van der Waals surface area contributed by atoms with Crippen molar-refractivity contribution in [2.75, 3.05) is 19.6 Å². The van der Waals surface area contributed by atoms with Gasteiger partial charge >= 0.3 is 0 Å². The molecule has 0 bridgehead atoms. The van der Waals surface area contributed by atoms with Crippen molar-refractivity contribution in [2.24, 2.45) is 11.1 Å². The number of amides is 1. The number of nitrogens with zero attached hydrogens (tertiary/aromatic N) is 1. The normalized spacial score (nSPS) is 19.4. The Hall–Kier alpha value is -1.56. The van der Waals surface area contributed by atoms with Crippen LogP contribution in [0.4, 0.5) is 0 Å². The average Bonchev–Trinajstić information content (AvgIpc) is 2.98. The minimum Gasteiger partial charge on any atom is -0.457 e. The monoisotopic (exact) mass is 424 g/mol. The van der Waals surface area contributed by atoms with Gasteiger partial charge in [0.05, 0.1) is 0 Å². The predicted molar refractivity (Wildman–Crippen MR) is 106 cm³/mol. The Morgan fingerprint density at radius 1 is 1.24 bits per heavy atom. The van der Waals surface area contributed by atoms with E-state index in [-0.39, 0.29) is 23.7 Å². The third-order valence-electron chi connectivity index (χ3n) is 4.47. The third-order valence-corrected chi connectivity index (χ3v) is 4.96. The van der Waals surface area contributed by atoms with Crippen LogP contribution in [0.5, 0.6) is 11.5 Å². The fourth-order valence-corrected chi connectivity index (χ4v) is 3.26. The van der Waals surface area contributed by atoms with Crippen LogP contribution in [0.1, 0.15) is 23.7 Å². The zero-order chi connectivity index (χ0) is 17.2. The van der Waals surface area contributed by atoms with E-state index in [2.05, 4.69) is 22.9 Å². The number of carbonyl (C=O) groups excluding carboxylic acids is 1. The Bertz CT molecular complexity index is 738. The van der Waals surface area contributed by atoms with Gasteiger partial charge in [-0.15, -0.1) is 12.4 Å². The van der Waals surface area contributed by atoms with Gasteiger partial charge in [-0.1, -0.05) is 28.9 Å². The number of ether oxygens (including phenoxy) is 1. The first-order chi connectivity index (χ1) is 11.5. The summed E-state index contributed by atoms with van der Waals surface area (Å²) in [4.78, 5) is 14.5. The maximum absolute atomic E-state index is 12.6. The highest BCUT2D eigenvalue weighted by Crippen LogP contribution is 2.30. The summed E-state index contributed by atoms with van der Waals surface area (Å²) in [5, 5.41) is 0. The number of benzene rings is 2. The lowest BCUT2D eigenvalue weighted by Crippen LogP contribution is -2.34. The molecular formula is C19H22BrClN2O2. The smallest absolute Gasteiger partial charge is 0.253 e. The molecule has 4 nitrogen and oxygen atoms in total. The Balaban J connectivity index is 0.00000225. The van der Waals surface area contributed by atoms with Gasteiger partial charge < -0.3 is 15.4 Å². The number of hydrogen-bond donors (Lipinski definition) is 1. The highest BCUT2D eigenvalue weighted by Gasteiger charge is 2.35. The molecule has 0 aliphatic carbocycles. The van der Waals surface area contributed by atoms with E-state index in [0.717, 1.165) is 29.7 Å². The molecule has 1 unspecified atom stereocenters. The first-order valence-corrected chi connectivity index (χ1v) is 8.81. The van der Waals surface area contributed by atoms with Crippen molar-refractivity contribution in [3.63, 3.8) is 0 Å². The molecule has 25 heavy (non-hydrogen) atoms. The molecule has 1 aliphatic rings. The van der Waals surface area contributed by atoms with Gasteiger partial charge in [0.2, 0.25) is 0 Å². The molecule has 1 saturated heterocycles. The van der Waals surface area contributed by atoms with Gasteiger partial charge in [-0.3, -0.25) is 4.79 Å². The number of rotatable bonds is 4. The van der Waals surface area contributed by atoms with Crippen LogP contribution < -0.4 is 10.5 Å². The second-order valence-corrected chi connectivity index (χ2v) is 7.49. The summed E-state index contributed by atoms with van der Waals surface area (Å²) >= 11 is 3.42. The maximum Gasteiger partial charge on any atom is 0.253 e. The van der Waals surface area contributed by atoms with Crippen LogP contribution in [0, 0.1) is 5.41 Å². The van der Waals surface area contributed by atoms with Gasteiger partial charge in [0, 0.05) is 23.1 Å². The molecule has 3 rings (SSSR count). The van der Waals surface area contributed by atoms with Crippen molar-refractivity contribution in [3.8, 4) is 11.5 Å². The van der Waals surface area contributed by atoms with Gasteiger partial charge in [0.15, 0.2) is 0 Å². The molecule has 1 amide bonds. The minimum atomic E-state index is 0. The summed E-state index contributed by atoms with van der Waals surface area (Å²) in [6.45, 7) is 4.23. The Morgan fingerprint density at radius 3 is 2.56 bits per heavy atom. The van der Waals surface area contributed by atoms with E-state index in [4.69, 9.17) is 10.5 Å². The molecule has 0 spiro atoms. The average molecular weight is 426 g/mol. The fraction of sp³-hybridized carbons (Fsp3) is 0.316. The lowest BCUT2D eigenvalue weighted by Gasteiger charge is -2.22. The summed E-state index contributed by atoms with van der Waals surface area (Å²) in [5.74, 6) is 1.51. The largest absolute Gasteiger partial charge is 0.457 e. The van der Waals surface area contributed by atoms with Crippen molar-refractivity contribution in [3.05, 3.63) is 58.6 Å². The second-order valence-electron chi connectivity index (χ2n) is 6.58. The van der Waals surface area contributed by atoms with E-state index in [9.17, 15) is 4.79 Å². The lowest BCUT2D eigenvalue weighted by atomic mass is 9.90. The molecule has 1 aliphatic heterocycles. The van der Waals surface area contributed by atoms with E-state index in [1.165, 1.54) is 0 Å². The molecule has 1 fully saturated rings. The molecular weight excluding hydrogens is 404 g/mol. The van der Waals surface area contributed by atoms with Crippen LogP contribution in [-0.4, -0.2) is 30.4 Å². The first-order valence-electron chi connectivity index (χ1n) is 8.02. The standard InChI is InChI=1S/C19H21BrN2O2.ClH/c1-19(12-21)9-10-22(13-19)18(23)14-5-7-16(8-6-14)24-17-4-2-3-15(20)11-17;/h2-8,11H,9-10,12-13,21H2,1H3;1H. The van der Waals surface area contributed by atoms with Crippen LogP contribution >= 0.6 is 28.3 Å². The van der Waals surface area contributed by atoms with E-state index >= 15 is 0 Å². The van der Waals surface area contributed by atoms with Crippen molar-refractivity contribution in [1.82, 2.24) is 4.90 Å². The van der Waals surface area contributed by atoms with Crippen molar-refractivity contribution in [1.29, 1.82) is 0 Å². The molecule has 134 valence electrons. The van der Waals surface area contributed by atoms with Crippen molar-refractivity contribution < 1.29 is 9.53 Å². The van der Waals surface area contributed by atoms with E-state index < -0.39 is 0 Å². The van der Waals surface area contributed by atoms with Crippen LogP contribution in [0.3, 0.4) is 0 Å². The first kappa shape index (κ1) is 19.8. The molecule has 1 heterocycles. The SMILES string of the molecule is CC1(CN)CCN(C(=O)c2ccc(Oc3cccc(Br)c3)cc2)C1.Cl. The summed E-state index contributed by atoms with van der Waals surface area (Å²) in [7, 11) is 0.